The number of amides is 1. The van der Waals surface area contributed by atoms with Crippen LogP contribution in [0.2, 0.25) is 0 Å². The van der Waals surface area contributed by atoms with Crippen molar-refractivity contribution in [2.24, 2.45) is 5.92 Å². The van der Waals surface area contributed by atoms with Crippen LogP contribution in [0.4, 0.5) is 0 Å². The topological polar surface area (TPSA) is 41.1 Å². The molecular weight excluding hydrogens is 224 g/mol. The lowest BCUT2D eigenvalue weighted by molar-refractivity contribution is -0.126. The molecule has 0 aromatic carbocycles. The van der Waals surface area contributed by atoms with Crippen molar-refractivity contribution >= 4 is 18.3 Å². The van der Waals surface area contributed by atoms with E-state index in [4.69, 9.17) is 0 Å². The van der Waals surface area contributed by atoms with Gasteiger partial charge in [-0.3, -0.25) is 4.79 Å². The lowest BCUT2D eigenvalue weighted by Gasteiger charge is -2.21. The summed E-state index contributed by atoms with van der Waals surface area (Å²) in [5, 5.41) is 6.49. The molecule has 2 aliphatic rings. The van der Waals surface area contributed by atoms with Crippen molar-refractivity contribution in [3.8, 4) is 0 Å². The average molecular weight is 247 g/mol. The van der Waals surface area contributed by atoms with E-state index < -0.39 is 0 Å². The largest absolute Gasteiger partial charge is 0.354 e. The number of hydrogen-bond donors (Lipinski definition) is 2. The lowest BCUT2D eigenvalue weighted by Crippen LogP contribution is -2.40. The summed E-state index contributed by atoms with van der Waals surface area (Å²) in [5.41, 5.74) is 0. The minimum absolute atomic E-state index is 0. The van der Waals surface area contributed by atoms with E-state index in [1.54, 1.807) is 0 Å². The van der Waals surface area contributed by atoms with Crippen LogP contribution in [0.1, 0.15) is 44.9 Å². The molecule has 16 heavy (non-hydrogen) atoms. The quantitative estimate of drug-likeness (QED) is 0.798. The van der Waals surface area contributed by atoms with E-state index in [9.17, 15) is 4.79 Å². The maximum atomic E-state index is 11.8. The second-order valence-corrected chi connectivity index (χ2v) is 4.87. The van der Waals surface area contributed by atoms with E-state index in [0.29, 0.717) is 17.9 Å². The van der Waals surface area contributed by atoms with Crippen molar-refractivity contribution in [3.05, 3.63) is 0 Å². The summed E-state index contributed by atoms with van der Waals surface area (Å²) in [6.07, 6.45) is 8.45. The third-order valence-electron chi connectivity index (χ3n) is 3.66. The Labute approximate surface area is 104 Å². The Hall–Kier alpha value is -0.280. The van der Waals surface area contributed by atoms with Gasteiger partial charge in [-0.1, -0.05) is 19.3 Å². The van der Waals surface area contributed by atoms with Gasteiger partial charge in [0.2, 0.25) is 5.91 Å². The van der Waals surface area contributed by atoms with Gasteiger partial charge in [-0.2, -0.15) is 0 Å². The zero-order chi connectivity index (χ0) is 10.5. The molecule has 0 bridgehead atoms. The van der Waals surface area contributed by atoms with Crippen LogP contribution in [0.3, 0.4) is 0 Å². The van der Waals surface area contributed by atoms with Gasteiger partial charge in [-0.25, -0.2) is 0 Å². The first-order chi connectivity index (χ1) is 7.36. The number of nitrogens with one attached hydrogen (secondary N) is 2. The number of carbonyl (C=O) groups excluding carboxylic acids is 1. The Morgan fingerprint density at radius 1 is 1.12 bits per heavy atom. The van der Waals surface area contributed by atoms with Crippen LogP contribution >= 0.6 is 12.4 Å². The van der Waals surface area contributed by atoms with Crippen LogP contribution in [0.5, 0.6) is 0 Å². The third-order valence-corrected chi connectivity index (χ3v) is 3.66. The fourth-order valence-electron chi connectivity index (χ4n) is 2.66. The van der Waals surface area contributed by atoms with Gasteiger partial charge in [-0.05, 0) is 32.2 Å². The maximum absolute atomic E-state index is 11.8. The van der Waals surface area contributed by atoms with Gasteiger partial charge in [0.05, 0.1) is 0 Å². The summed E-state index contributed by atoms with van der Waals surface area (Å²) < 4.78 is 0. The van der Waals surface area contributed by atoms with Crippen LogP contribution in [-0.4, -0.2) is 25.0 Å². The predicted octanol–water partition coefficient (Wildman–Crippen LogP) is 1.86. The monoisotopic (exact) mass is 246 g/mol. The highest BCUT2D eigenvalue weighted by Crippen LogP contribution is 2.23. The Morgan fingerprint density at radius 3 is 2.50 bits per heavy atom. The van der Waals surface area contributed by atoms with Gasteiger partial charge in [0.1, 0.15) is 0 Å². The molecule has 94 valence electrons. The van der Waals surface area contributed by atoms with Gasteiger partial charge < -0.3 is 10.6 Å². The summed E-state index contributed by atoms with van der Waals surface area (Å²) in [4.78, 5) is 11.8. The maximum Gasteiger partial charge on any atom is 0.223 e. The first-order valence-electron chi connectivity index (χ1n) is 6.37. The molecule has 2 rings (SSSR count). The van der Waals surface area contributed by atoms with Crippen molar-refractivity contribution in [2.75, 3.05) is 13.1 Å². The summed E-state index contributed by atoms with van der Waals surface area (Å²) >= 11 is 0. The predicted molar refractivity (Wildman–Crippen MR) is 67.9 cm³/mol. The number of rotatable bonds is 3. The Balaban J connectivity index is 0.00000128. The van der Waals surface area contributed by atoms with Crippen LogP contribution in [-0.2, 0) is 4.79 Å². The minimum Gasteiger partial charge on any atom is -0.354 e. The standard InChI is InChI=1S/C12H22N2O.ClH/c15-12(10-5-2-1-3-6-10)14-9-11-7-4-8-13-11;/h10-11,13H,1-9H2,(H,14,15);1H/t11-;/m1./s1. The lowest BCUT2D eigenvalue weighted by atomic mass is 9.88. The van der Waals surface area contributed by atoms with E-state index in [2.05, 4.69) is 10.6 Å². The van der Waals surface area contributed by atoms with E-state index in [0.717, 1.165) is 25.9 Å². The number of carbonyl (C=O) groups is 1. The van der Waals surface area contributed by atoms with Gasteiger partial charge in [0, 0.05) is 18.5 Å². The fourth-order valence-corrected chi connectivity index (χ4v) is 2.66. The summed E-state index contributed by atoms with van der Waals surface area (Å²) in [6.45, 7) is 1.94. The third kappa shape index (κ3) is 3.95. The van der Waals surface area contributed by atoms with E-state index in [1.165, 1.54) is 32.1 Å². The van der Waals surface area contributed by atoms with Gasteiger partial charge in [0.15, 0.2) is 0 Å². The average Bonchev–Trinajstić information content (AvgIpc) is 2.80. The highest BCUT2D eigenvalue weighted by atomic mass is 35.5. The molecule has 1 heterocycles. The minimum atomic E-state index is 0. The second kappa shape index (κ2) is 7.13. The van der Waals surface area contributed by atoms with Crippen LogP contribution < -0.4 is 10.6 Å². The van der Waals surface area contributed by atoms with Gasteiger partial charge >= 0.3 is 0 Å². The highest BCUT2D eigenvalue weighted by Gasteiger charge is 2.22. The number of hydrogen-bond acceptors (Lipinski definition) is 2. The van der Waals surface area contributed by atoms with Crippen LogP contribution in [0.25, 0.3) is 0 Å². The molecule has 1 saturated carbocycles. The zero-order valence-corrected chi connectivity index (χ0v) is 10.7. The van der Waals surface area contributed by atoms with Crippen molar-refractivity contribution < 1.29 is 4.79 Å². The summed E-state index contributed by atoms with van der Waals surface area (Å²) in [7, 11) is 0. The molecule has 0 radical (unpaired) electrons. The normalized spacial score (nSPS) is 26.1. The van der Waals surface area contributed by atoms with Gasteiger partial charge in [0.25, 0.3) is 0 Å². The van der Waals surface area contributed by atoms with Crippen molar-refractivity contribution in [1.82, 2.24) is 10.6 Å². The summed E-state index contributed by atoms with van der Waals surface area (Å²) in [5.74, 6) is 0.601. The molecule has 0 spiro atoms. The second-order valence-electron chi connectivity index (χ2n) is 4.87. The smallest absolute Gasteiger partial charge is 0.223 e. The number of halogens is 1. The molecule has 0 aromatic heterocycles. The first-order valence-corrected chi connectivity index (χ1v) is 6.37. The van der Waals surface area contributed by atoms with Crippen LogP contribution in [0, 0.1) is 5.92 Å². The van der Waals surface area contributed by atoms with E-state index in [1.807, 2.05) is 0 Å². The molecule has 1 saturated heterocycles. The fraction of sp³-hybridized carbons (Fsp3) is 0.917. The van der Waals surface area contributed by atoms with Crippen LogP contribution in [0.15, 0.2) is 0 Å². The molecule has 1 atom stereocenters. The molecular formula is C12H23ClN2O. The van der Waals surface area contributed by atoms with Crippen molar-refractivity contribution in [3.63, 3.8) is 0 Å². The zero-order valence-electron chi connectivity index (χ0n) is 9.84. The molecule has 2 N–H and O–H groups in total. The highest BCUT2D eigenvalue weighted by molar-refractivity contribution is 5.85. The molecule has 0 unspecified atom stereocenters. The molecule has 0 aromatic rings. The molecule has 1 aliphatic carbocycles. The Morgan fingerprint density at radius 2 is 1.88 bits per heavy atom. The Bertz CT molecular complexity index is 211. The SMILES string of the molecule is Cl.O=C(NC[C@H]1CCCN1)C1CCCCC1. The molecule has 1 amide bonds. The summed E-state index contributed by atoms with van der Waals surface area (Å²) in [6, 6.07) is 0.526. The van der Waals surface area contributed by atoms with Crippen molar-refractivity contribution in [1.29, 1.82) is 0 Å². The Kier molecular flexibility index (Phi) is 6.14. The molecule has 3 nitrogen and oxygen atoms in total. The molecule has 2 fully saturated rings. The van der Waals surface area contributed by atoms with Gasteiger partial charge in [-0.15, -0.1) is 12.4 Å². The molecule has 1 aliphatic heterocycles. The first kappa shape index (κ1) is 13.8. The van der Waals surface area contributed by atoms with E-state index in [-0.39, 0.29) is 12.4 Å². The molecule has 4 heteroatoms. The van der Waals surface area contributed by atoms with E-state index >= 15 is 0 Å². The van der Waals surface area contributed by atoms with Crippen molar-refractivity contribution in [2.45, 2.75) is 51.0 Å².